The van der Waals surface area contributed by atoms with Gasteiger partial charge in [0, 0.05) is 32.2 Å². The van der Waals surface area contributed by atoms with Crippen LogP contribution in [0.2, 0.25) is 0 Å². The monoisotopic (exact) mass is 278 g/mol. The van der Waals surface area contributed by atoms with Gasteiger partial charge >= 0.3 is 0 Å². The van der Waals surface area contributed by atoms with E-state index in [0.717, 1.165) is 31.4 Å². The molecule has 2 aliphatic heterocycles. The highest BCUT2D eigenvalue weighted by molar-refractivity contribution is 5.33. The van der Waals surface area contributed by atoms with Gasteiger partial charge in [-0.1, -0.05) is 0 Å². The number of rotatable bonds is 1. The maximum Gasteiger partial charge on any atom is 0.223 e. The molecule has 3 heterocycles. The molecule has 0 aromatic carbocycles. The third kappa shape index (κ3) is 2.31. The minimum Gasteiger partial charge on any atom is -0.338 e. The predicted octanol–water partition coefficient (Wildman–Crippen LogP) is 0.340. The van der Waals surface area contributed by atoms with Crippen LogP contribution in [-0.2, 0) is 7.05 Å². The summed E-state index contributed by atoms with van der Waals surface area (Å²) in [6, 6.07) is 0. The molecule has 1 spiro atoms. The molecule has 2 saturated heterocycles. The average molecular weight is 278 g/mol. The Hall–Kier alpha value is -1.14. The van der Waals surface area contributed by atoms with Crippen LogP contribution in [0.1, 0.15) is 18.7 Å². The van der Waals surface area contributed by atoms with E-state index in [0.29, 0.717) is 5.54 Å². The molecule has 0 radical (unpaired) electrons. The van der Waals surface area contributed by atoms with Gasteiger partial charge in [0.25, 0.3) is 0 Å². The van der Waals surface area contributed by atoms with Gasteiger partial charge in [-0.15, -0.1) is 0 Å². The standard InChI is InChI=1S/C14H26N6/c1-12-15-13(19(4)16-12)20-10-9-18(3)14(11-20)5-7-17(2)8-6-14/h5-11H2,1-4H3. The molecule has 20 heavy (non-hydrogen) atoms. The van der Waals surface area contributed by atoms with Gasteiger partial charge in [0.2, 0.25) is 5.95 Å². The van der Waals surface area contributed by atoms with E-state index in [9.17, 15) is 0 Å². The van der Waals surface area contributed by atoms with Gasteiger partial charge in [-0.25, -0.2) is 4.68 Å². The van der Waals surface area contributed by atoms with Gasteiger partial charge in [0.05, 0.1) is 0 Å². The largest absolute Gasteiger partial charge is 0.338 e. The van der Waals surface area contributed by atoms with E-state index in [1.165, 1.54) is 25.9 Å². The van der Waals surface area contributed by atoms with Crippen molar-refractivity contribution < 1.29 is 0 Å². The van der Waals surface area contributed by atoms with Crippen molar-refractivity contribution in [3.63, 3.8) is 0 Å². The van der Waals surface area contributed by atoms with E-state index in [1.807, 2.05) is 18.7 Å². The van der Waals surface area contributed by atoms with Crippen molar-refractivity contribution in [1.29, 1.82) is 0 Å². The van der Waals surface area contributed by atoms with Crippen molar-refractivity contribution >= 4 is 5.95 Å². The fourth-order valence-corrected chi connectivity index (χ4v) is 3.58. The summed E-state index contributed by atoms with van der Waals surface area (Å²) >= 11 is 0. The summed E-state index contributed by atoms with van der Waals surface area (Å²) < 4.78 is 1.92. The van der Waals surface area contributed by atoms with Crippen molar-refractivity contribution in [1.82, 2.24) is 24.6 Å². The van der Waals surface area contributed by atoms with Gasteiger partial charge in [-0.3, -0.25) is 4.90 Å². The Kier molecular flexibility index (Phi) is 3.46. The molecule has 2 aliphatic rings. The summed E-state index contributed by atoms with van der Waals surface area (Å²) in [7, 11) is 6.50. The minimum absolute atomic E-state index is 0.310. The summed E-state index contributed by atoms with van der Waals surface area (Å²) in [4.78, 5) is 12.0. The summed E-state index contributed by atoms with van der Waals surface area (Å²) in [6.45, 7) is 7.57. The molecular weight excluding hydrogens is 252 g/mol. The molecule has 0 amide bonds. The Morgan fingerprint density at radius 1 is 1.00 bits per heavy atom. The lowest BCUT2D eigenvalue weighted by Gasteiger charge is -2.52. The number of hydrogen-bond acceptors (Lipinski definition) is 5. The Labute approximate surface area is 121 Å². The van der Waals surface area contributed by atoms with Crippen molar-refractivity contribution in [2.45, 2.75) is 25.3 Å². The second-order valence-electron chi connectivity index (χ2n) is 6.45. The second-order valence-corrected chi connectivity index (χ2v) is 6.45. The molecule has 0 bridgehead atoms. The fourth-order valence-electron chi connectivity index (χ4n) is 3.58. The first-order chi connectivity index (χ1) is 9.50. The van der Waals surface area contributed by atoms with E-state index in [1.54, 1.807) is 0 Å². The molecule has 0 saturated carbocycles. The zero-order chi connectivity index (χ0) is 14.3. The van der Waals surface area contributed by atoms with E-state index < -0.39 is 0 Å². The third-order valence-corrected chi connectivity index (χ3v) is 5.05. The molecule has 1 aromatic rings. The van der Waals surface area contributed by atoms with Crippen LogP contribution in [0.25, 0.3) is 0 Å². The quantitative estimate of drug-likeness (QED) is 0.741. The van der Waals surface area contributed by atoms with Gasteiger partial charge < -0.3 is 9.80 Å². The molecule has 6 nitrogen and oxygen atoms in total. The first-order valence-electron chi connectivity index (χ1n) is 7.53. The Bertz CT molecular complexity index is 474. The molecule has 3 rings (SSSR count). The van der Waals surface area contributed by atoms with Crippen LogP contribution in [0.15, 0.2) is 0 Å². The third-order valence-electron chi connectivity index (χ3n) is 5.05. The van der Waals surface area contributed by atoms with Crippen LogP contribution in [0.5, 0.6) is 0 Å². The number of hydrogen-bond donors (Lipinski definition) is 0. The molecular formula is C14H26N6. The summed E-state index contributed by atoms with van der Waals surface area (Å²) in [6.07, 6.45) is 2.49. The first kappa shape index (κ1) is 13.8. The fraction of sp³-hybridized carbons (Fsp3) is 0.857. The van der Waals surface area contributed by atoms with Gasteiger partial charge in [-0.05, 0) is 47.0 Å². The number of anilines is 1. The summed E-state index contributed by atoms with van der Waals surface area (Å²) in [5.74, 6) is 1.88. The van der Waals surface area contributed by atoms with Crippen LogP contribution in [0.4, 0.5) is 5.95 Å². The second kappa shape index (κ2) is 5.00. The van der Waals surface area contributed by atoms with E-state index >= 15 is 0 Å². The zero-order valence-corrected chi connectivity index (χ0v) is 13.1. The maximum atomic E-state index is 4.60. The van der Waals surface area contributed by atoms with Crippen LogP contribution in [0, 0.1) is 6.92 Å². The zero-order valence-electron chi connectivity index (χ0n) is 13.1. The SMILES string of the molecule is Cc1nc(N2CCN(C)C3(CCN(C)CC3)C2)n(C)n1. The van der Waals surface area contributed by atoms with Gasteiger partial charge in [0.1, 0.15) is 5.82 Å². The van der Waals surface area contributed by atoms with Crippen LogP contribution >= 0.6 is 0 Å². The van der Waals surface area contributed by atoms with Crippen LogP contribution in [-0.4, -0.2) is 76.9 Å². The lowest BCUT2D eigenvalue weighted by atomic mass is 9.84. The molecule has 1 aromatic heterocycles. The number of aryl methyl sites for hydroxylation is 2. The van der Waals surface area contributed by atoms with Crippen molar-refractivity contribution in [2.75, 3.05) is 51.7 Å². The lowest BCUT2D eigenvalue weighted by Crippen LogP contribution is -2.64. The van der Waals surface area contributed by atoms with Crippen molar-refractivity contribution in [3.05, 3.63) is 5.82 Å². The van der Waals surface area contributed by atoms with E-state index in [4.69, 9.17) is 0 Å². The molecule has 0 atom stereocenters. The number of likely N-dealkylation sites (tertiary alicyclic amines) is 1. The molecule has 2 fully saturated rings. The van der Waals surface area contributed by atoms with E-state index in [-0.39, 0.29) is 0 Å². The number of nitrogens with zero attached hydrogens (tertiary/aromatic N) is 6. The number of aromatic nitrogens is 3. The predicted molar refractivity (Wildman–Crippen MR) is 80.0 cm³/mol. The average Bonchev–Trinajstić information content (AvgIpc) is 2.75. The highest BCUT2D eigenvalue weighted by atomic mass is 15.5. The van der Waals surface area contributed by atoms with Crippen LogP contribution < -0.4 is 4.90 Å². The van der Waals surface area contributed by atoms with Crippen molar-refractivity contribution in [3.8, 4) is 0 Å². The minimum atomic E-state index is 0.310. The topological polar surface area (TPSA) is 40.4 Å². The molecule has 0 N–H and O–H groups in total. The Morgan fingerprint density at radius 3 is 2.30 bits per heavy atom. The van der Waals surface area contributed by atoms with E-state index in [2.05, 4.69) is 38.9 Å². The smallest absolute Gasteiger partial charge is 0.223 e. The van der Waals surface area contributed by atoms with Crippen LogP contribution in [0.3, 0.4) is 0 Å². The summed E-state index contributed by atoms with van der Waals surface area (Å²) in [5.41, 5.74) is 0.310. The number of likely N-dealkylation sites (N-methyl/N-ethyl adjacent to an activating group) is 1. The van der Waals surface area contributed by atoms with Gasteiger partial charge in [-0.2, -0.15) is 10.1 Å². The van der Waals surface area contributed by atoms with Crippen molar-refractivity contribution in [2.24, 2.45) is 7.05 Å². The lowest BCUT2D eigenvalue weighted by molar-refractivity contribution is 0.0379. The molecule has 0 unspecified atom stereocenters. The Morgan fingerprint density at radius 2 is 1.70 bits per heavy atom. The molecule has 0 aliphatic carbocycles. The van der Waals surface area contributed by atoms with Gasteiger partial charge in [0.15, 0.2) is 0 Å². The highest BCUT2D eigenvalue weighted by Crippen LogP contribution is 2.32. The Balaban J connectivity index is 1.81. The first-order valence-corrected chi connectivity index (χ1v) is 7.53. The number of piperazine rings is 1. The maximum absolute atomic E-state index is 4.60. The summed E-state index contributed by atoms with van der Waals surface area (Å²) in [5, 5.41) is 4.39. The highest BCUT2D eigenvalue weighted by Gasteiger charge is 2.42. The molecule has 6 heteroatoms. The number of piperidine rings is 1. The molecule has 112 valence electrons. The normalized spacial score (nSPS) is 24.5.